The molecule has 0 aliphatic rings. The van der Waals surface area contributed by atoms with Gasteiger partial charge in [-0.2, -0.15) is 0 Å². The fourth-order valence-corrected chi connectivity index (χ4v) is 0. The molecule has 36 valence electrons. The summed E-state index contributed by atoms with van der Waals surface area (Å²) in [5.74, 6) is 0. The first-order chi connectivity index (χ1) is 1.73. The number of rotatable bonds is 0. The smallest absolute Gasteiger partial charge is 0.870 e. The molecule has 0 heterocycles. The van der Waals surface area contributed by atoms with Gasteiger partial charge in [-0.25, -0.2) is 0 Å². The van der Waals surface area contributed by atoms with E-state index >= 15 is 0 Å². The molecule has 0 unspecified atom stereocenters. The number of hydrogen-bond donors (Lipinski definition) is 0. The van der Waals surface area contributed by atoms with Crippen LogP contribution < -0.4 is 0 Å². The van der Waals surface area contributed by atoms with E-state index in [4.69, 9.17) is 29.1 Å². The van der Waals surface area contributed by atoms with Crippen LogP contribution in [0.1, 0.15) is 0 Å². The fraction of sp³-hybridized carbons (Fsp3) is 0. The first kappa shape index (κ1) is 9.68. The molecular formula is HCl3ORu. The van der Waals surface area contributed by atoms with Gasteiger partial charge < -0.3 is 5.48 Å². The first-order valence-corrected chi connectivity index (χ1v) is 7.12. The van der Waals surface area contributed by atoms with Gasteiger partial charge in [-0.3, -0.25) is 0 Å². The van der Waals surface area contributed by atoms with E-state index in [1.807, 2.05) is 0 Å². The molecule has 1 nitrogen and oxygen atoms in total. The Morgan fingerprint density at radius 2 is 1.00 bits per heavy atom. The summed E-state index contributed by atoms with van der Waals surface area (Å²) in [6.07, 6.45) is 0. The van der Waals surface area contributed by atoms with Gasteiger partial charge in [0, 0.05) is 0 Å². The van der Waals surface area contributed by atoms with Crippen molar-refractivity contribution >= 4 is 29.1 Å². The molecule has 0 bridgehead atoms. The topological polar surface area (TPSA) is 30.0 Å². The molecular weight excluding hydrogens is 223 g/mol. The third-order valence-electron chi connectivity index (χ3n) is 0. The third-order valence-corrected chi connectivity index (χ3v) is 0. The molecule has 5 heavy (non-hydrogen) atoms. The van der Waals surface area contributed by atoms with Crippen molar-refractivity contribution in [3.05, 3.63) is 0 Å². The molecule has 0 aliphatic carbocycles. The first-order valence-electron chi connectivity index (χ1n) is 0.401. The summed E-state index contributed by atoms with van der Waals surface area (Å²) < 4.78 is 0. The quantitative estimate of drug-likeness (QED) is 0.578. The van der Waals surface area contributed by atoms with Crippen molar-refractivity contribution in [3.63, 3.8) is 0 Å². The number of halogens is 3. The summed E-state index contributed by atoms with van der Waals surface area (Å²) in [6.45, 7) is 0. The van der Waals surface area contributed by atoms with E-state index in [0.29, 0.717) is 0 Å². The molecule has 0 saturated heterocycles. The molecule has 0 aromatic heterocycles. The van der Waals surface area contributed by atoms with Gasteiger partial charge in [-0.1, -0.05) is 0 Å². The Balaban J connectivity index is 0. The van der Waals surface area contributed by atoms with Gasteiger partial charge in [-0.05, 0) is 0 Å². The second kappa shape index (κ2) is 5.45. The van der Waals surface area contributed by atoms with Crippen molar-refractivity contribution in [2.75, 3.05) is 0 Å². The standard InChI is InChI=1S/3ClH.H2O.Ru/h3*1H;1H2;/q;;;;+4/p-4. The summed E-state index contributed by atoms with van der Waals surface area (Å²) in [4.78, 5) is 0. The largest absolute Gasteiger partial charge is 0.870 e. The molecule has 0 rings (SSSR count). The summed E-state index contributed by atoms with van der Waals surface area (Å²) in [5, 5.41) is 0. The van der Waals surface area contributed by atoms with E-state index in [9.17, 15) is 0 Å². The SMILES string of the molecule is [Cl][Ru+]([Cl])[Cl].[OH-]. The van der Waals surface area contributed by atoms with E-state index in [-0.39, 0.29) is 5.48 Å². The Morgan fingerprint density at radius 1 is 1.00 bits per heavy atom. The minimum Gasteiger partial charge on any atom is -0.870 e. The molecule has 0 aliphatic heterocycles. The van der Waals surface area contributed by atoms with Crippen molar-refractivity contribution in [1.29, 1.82) is 0 Å². The Labute approximate surface area is 47.5 Å². The Bertz CT molecular complexity index is 11.6. The zero-order chi connectivity index (χ0) is 3.58. The monoisotopic (exact) mass is 224 g/mol. The summed E-state index contributed by atoms with van der Waals surface area (Å²) >= 11 is -1.75. The van der Waals surface area contributed by atoms with Crippen molar-refractivity contribution in [1.82, 2.24) is 0 Å². The second-order valence-corrected chi connectivity index (χ2v) is 8.07. The van der Waals surface area contributed by atoms with E-state index in [1.54, 1.807) is 0 Å². The molecule has 0 aromatic rings. The van der Waals surface area contributed by atoms with Crippen LogP contribution in [0.3, 0.4) is 0 Å². The van der Waals surface area contributed by atoms with Gasteiger partial charge in [0.25, 0.3) is 0 Å². The molecule has 0 aromatic carbocycles. The average Bonchev–Trinajstić information content (AvgIpc) is 0.811. The van der Waals surface area contributed by atoms with Crippen LogP contribution >= 0.6 is 29.1 Å². The predicted molar refractivity (Wildman–Crippen MR) is 19.5 cm³/mol. The van der Waals surface area contributed by atoms with Crippen molar-refractivity contribution in [3.8, 4) is 0 Å². The van der Waals surface area contributed by atoms with Crippen LogP contribution in [0.4, 0.5) is 0 Å². The van der Waals surface area contributed by atoms with Gasteiger partial charge in [0.1, 0.15) is 0 Å². The maximum absolute atomic E-state index is 4.95. The fourth-order valence-electron chi connectivity index (χ4n) is 0. The van der Waals surface area contributed by atoms with E-state index < -0.39 is 13.0 Å². The maximum atomic E-state index is 4.95. The zero-order valence-electron chi connectivity index (χ0n) is 1.93. The molecule has 0 radical (unpaired) electrons. The second-order valence-electron chi connectivity index (χ2n) is 0.152. The molecule has 5 heteroatoms. The van der Waals surface area contributed by atoms with Gasteiger partial charge in [-0.15, -0.1) is 0 Å². The molecule has 0 atom stereocenters. The van der Waals surface area contributed by atoms with Gasteiger partial charge >= 0.3 is 42.1 Å². The van der Waals surface area contributed by atoms with E-state index in [0.717, 1.165) is 0 Å². The van der Waals surface area contributed by atoms with E-state index in [2.05, 4.69) is 0 Å². The molecule has 0 amide bonds. The predicted octanol–water partition coefficient (Wildman–Crippen LogP) is 1.89. The zero-order valence-corrected chi connectivity index (χ0v) is 5.94. The van der Waals surface area contributed by atoms with Gasteiger partial charge in [0.15, 0.2) is 0 Å². The van der Waals surface area contributed by atoms with Crippen molar-refractivity contribution in [2.45, 2.75) is 0 Å². The van der Waals surface area contributed by atoms with Crippen molar-refractivity contribution in [2.24, 2.45) is 0 Å². The van der Waals surface area contributed by atoms with Crippen molar-refractivity contribution < 1.29 is 18.5 Å². The van der Waals surface area contributed by atoms with E-state index in [1.165, 1.54) is 0 Å². The maximum Gasteiger partial charge on any atom is -0.870 e. The minimum atomic E-state index is -1.75. The van der Waals surface area contributed by atoms with Gasteiger partial charge in [0.05, 0.1) is 0 Å². The summed E-state index contributed by atoms with van der Waals surface area (Å²) in [7, 11) is 14.8. The molecule has 0 fully saturated rings. The molecule has 0 saturated carbocycles. The summed E-state index contributed by atoms with van der Waals surface area (Å²) in [5.41, 5.74) is 0. The molecule has 1 N–H and O–H groups in total. The Kier molecular flexibility index (Phi) is 10.6. The molecule has 0 spiro atoms. The summed E-state index contributed by atoms with van der Waals surface area (Å²) in [6, 6.07) is 0. The van der Waals surface area contributed by atoms with Crippen LogP contribution in [-0.2, 0) is 13.0 Å². The minimum absolute atomic E-state index is 0. The normalized spacial score (nSPS) is 9.00. The van der Waals surface area contributed by atoms with Crippen LogP contribution in [0.2, 0.25) is 0 Å². The van der Waals surface area contributed by atoms with Crippen LogP contribution in [0.5, 0.6) is 0 Å². The van der Waals surface area contributed by atoms with Crippen LogP contribution in [0.15, 0.2) is 0 Å². The third kappa shape index (κ3) is 30.8. The van der Waals surface area contributed by atoms with Crippen LogP contribution in [0.25, 0.3) is 0 Å². The number of hydrogen-bond acceptors (Lipinski definition) is 1. The Hall–Kier alpha value is 1.45. The Morgan fingerprint density at radius 3 is 1.00 bits per heavy atom. The van der Waals surface area contributed by atoms with Crippen LogP contribution in [-0.4, -0.2) is 5.48 Å². The van der Waals surface area contributed by atoms with Crippen LogP contribution in [0, 0.1) is 0 Å². The average molecular weight is 224 g/mol. The van der Waals surface area contributed by atoms with Gasteiger partial charge in [0.2, 0.25) is 0 Å².